The average molecular weight is 209 g/mol. The number of hydrogen-bond donors (Lipinski definition) is 1. The molecule has 2 aromatic rings. The van der Waals surface area contributed by atoms with Crippen LogP contribution in [0.1, 0.15) is 15.6 Å². The number of ketones is 1. The van der Waals surface area contributed by atoms with Crippen molar-refractivity contribution >= 4 is 23.1 Å². The largest absolute Gasteiger partial charge is 0.400 e. The summed E-state index contributed by atoms with van der Waals surface area (Å²) in [6.07, 6.45) is 0. The van der Waals surface area contributed by atoms with Crippen LogP contribution in [0.4, 0.5) is 6.01 Å². The Kier molecular flexibility index (Phi) is 2.28. The fourth-order valence-corrected chi connectivity index (χ4v) is 1.58. The van der Waals surface area contributed by atoms with Gasteiger partial charge in [-0.3, -0.25) is 4.79 Å². The number of hydrogen-bond acceptors (Lipinski definition) is 6. The Morgan fingerprint density at radius 2 is 2.43 bits per heavy atom. The van der Waals surface area contributed by atoms with Gasteiger partial charge in [0.05, 0.1) is 4.88 Å². The van der Waals surface area contributed by atoms with E-state index in [2.05, 4.69) is 15.5 Å². The van der Waals surface area contributed by atoms with Crippen molar-refractivity contribution in [3.05, 3.63) is 28.3 Å². The molecule has 1 N–H and O–H groups in total. The minimum Gasteiger partial charge on any atom is -0.400 e. The van der Waals surface area contributed by atoms with E-state index in [0.29, 0.717) is 4.88 Å². The molecule has 0 saturated heterocycles. The zero-order valence-corrected chi connectivity index (χ0v) is 8.17. The quantitative estimate of drug-likeness (QED) is 0.774. The van der Waals surface area contributed by atoms with E-state index in [1.165, 1.54) is 11.3 Å². The van der Waals surface area contributed by atoms with Crippen LogP contribution in [0.25, 0.3) is 0 Å². The van der Waals surface area contributed by atoms with Crippen molar-refractivity contribution in [2.75, 3.05) is 12.4 Å². The lowest BCUT2D eigenvalue weighted by atomic mass is 10.3. The van der Waals surface area contributed by atoms with Gasteiger partial charge in [-0.05, 0) is 11.4 Å². The molecule has 2 rings (SSSR count). The third-order valence-electron chi connectivity index (χ3n) is 1.58. The molecule has 0 saturated carbocycles. The zero-order valence-electron chi connectivity index (χ0n) is 7.35. The molecule has 0 aliphatic rings. The monoisotopic (exact) mass is 209 g/mol. The highest BCUT2D eigenvalue weighted by atomic mass is 32.1. The Morgan fingerprint density at radius 3 is 3.00 bits per heavy atom. The maximum atomic E-state index is 11.6. The van der Waals surface area contributed by atoms with Crippen molar-refractivity contribution in [3.8, 4) is 0 Å². The van der Waals surface area contributed by atoms with Crippen molar-refractivity contribution in [2.45, 2.75) is 0 Å². The maximum absolute atomic E-state index is 11.6. The second kappa shape index (κ2) is 3.59. The highest BCUT2D eigenvalue weighted by Gasteiger charge is 2.16. The van der Waals surface area contributed by atoms with E-state index in [9.17, 15) is 4.79 Å². The van der Waals surface area contributed by atoms with Gasteiger partial charge < -0.3 is 9.73 Å². The van der Waals surface area contributed by atoms with E-state index in [1.54, 1.807) is 19.2 Å². The lowest BCUT2D eigenvalue weighted by Gasteiger charge is -1.89. The molecular weight excluding hydrogens is 202 g/mol. The Labute approximate surface area is 83.8 Å². The van der Waals surface area contributed by atoms with Gasteiger partial charge >= 0.3 is 6.01 Å². The first-order chi connectivity index (χ1) is 6.81. The first kappa shape index (κ1) is 8.89. The van der Waals surface area contributed by atoms with Gasteiger partial charge in [0.25, 0.3) is 11.7 Å². The van der Waals surface area contributed by atoms with Crippen molar-refractivity contribution in [3.63, 3.8) is 0 Å². The summed E-state index contributed by atoms with van der Waals surface area (Å²) in [5.74, 6) is -0.231. The summed E-state index contributed by atoms with van der Waals surface area (Å²) in [6, 6.07) is 3.76. The highest BCUT2D eigenvalue weighted by molar-refractivity contribution is 7.12. The van der Waals surface area contributed by atoms with Crippen LogP contribution in [0, 0.1) is 0 Å². The number of aromatic nitrogens is 2. The van der Waals surface area contributed by atoms with Crippen LogP contribution < -0.4 is 5.32 Å². The summed E-state index contributed by atoms with van der Waals surface area (Å²) in [6.45, 7) is 0. The van der Waals surface area contributed by atoms with E-state index >= 15 is 0 Å². The molecule has 0 amide bonds. The smallest absolute Gasteiger partial charge is 0.315 e. The maximum Gasteiger partial charge on any atom is 0.315 e. The summed E-state index contributed by atoms with van der Waals surface area (Å²) in [7, 11) is 1.65. The second-order valence-electron chi connectivity index (χ2n) is 2.47. The molecule has 0 unspecified atom stereocenters. The molecule has 0 spiro atoms. The van der Waals surface area contributed by atoms with Crippen molar-refractivity contribution in [1.29, 1.82) is 0 Å². The van der Waals surface area contributed by atoms with Gasteiger partial charge in [-0.25, -0.2) is 0 Å². The fraction of sp³-hybridized carbons (Fsp3) is 0.125. The van der Waals surface area contributed by atoms with Gasteiger partial charge in [0.1, 0.15) is 0 Å². The van der Waals surface area contributed by atoms with Gasteiger partial charge in [0, 0.05) is 7.05 Å². The minimum absolute atomic E-state index is 0.0109. The molecule has 5 nitrogen and oxygen atoms in total. The van der Waals surface area contributed by atoms with E-state index in [1.807, 2.05) is 5.38 Å². The van der Waals surface area contributed by atoms with Gasteiger partial charge in [0.15, 0.2) is 0 Å². The number of rotatable bonds is 3. The number of carbonyl (C=O) groups is 1. The lowest BCUT2D eigenvalue weighted by Crippen LogP contribution is -1.98. The van der Waals surface area contributed by atoms with Crippen molar-refractivity contribution < 1.29 is 9.21 Å². The molecule has 72 valence electrons. The Morgan fingerprint density at radius 1 is 1.57 bits per heavy atom. The molecular formula is C8H7N3O2S. The summed E-state index contributed by atoms with van der Waals surface area (Å²) >= 11 is 1.34. The SMILES string of the molecule is CNc1nnc(C(=O)c2cccs2)o1. The van der Waals surface area contributed by atoms with Crippen molar-refractivity contribution in [1.82, 2.24) is 10.2 Å². The van der Waals surface area contributed by atoms with Crippen LogP contribution in [-0.2, 0) is 0 Å². The van der Waals surface area contributed by atoms with Crippen LogP contribution in [0.2, 0.25) is 0 Å². The van der Waals surface area contributed by atoms with E-state index < -0.39 is 0 Å². The third kappa shape index (κ3) is 1.51. The average Bonchev–Trinajstić information content (AvgIpc) is 2.88. The summed E-state index contributed by atoms with van der Waals surface area (Å²) in [4.78, 5) is 12.2. The standard InChI is InChI=1S/C8H7N3O2S/c1-9-8-11-10-7(13-8)6(12)5-3-2-4-14-5/h2-4H,1H3,(H,9,11). The molecule has 0 radical (unpaired) electrons. The first-order valence-electron chi connectivity index (χ1n) is 3.90. The number of anilines is 1. The predicted octanol–water partition coefficient (Wildman–Crippen LogP) is 1.40. The van der Waals surface area contributed by atoms with E-state index in [0.717, 1.165) is 0 Å². The molecule has 0 aromatic carbocycles. The highest BCUT2D eigenvalue weighted by Crippen LogP contribution is 2.15. The second-order valence-corrected chi connectivity index (χ2v) is 3.42. The molecule has 0 aliphatic carbocycles. The van der Waals surface area contributed by atoms with Crippen LogP contribution in [-0.4, -0.2) is 23.0 Å². The molecule has 14 heavy (non-hydrogen) atoms. The first-order valence-corrected chi connectivity index (χ1v) is 4.78. The van der Waals surface area contributed by atoms with Crippen LogP contribution in [0.15, 0.2) is 21.9 Å². The van der Waals surface area contributed by atoms with E-state index in [4.69, 9.17) is 4.42 Å². The molecule has 6 heteroatoms. The topological polar surface area (TPSA) is 68.0 Å². The lowest BCUT2D eigenvalue weighted by molar-refractivity contribution is 0.101. The third-order valence-corrected chi connectivity index (χ3v) is 2.45. The molecule has 0 fully saturated rings. The van der Waals surface area contributed by atoms with Crippen LogP contribution >= 0.6 is 11.3 Å². The zero-order chi connectivity index (χ0) is 9.97. The normalized spacial score (nSPS) is 10.1. The Hall–Kier alpha value is -1.69. The van der Waals surface area contributed by atoms with E-state index in [-0.39, 0.29) is 17.7 Å². The van der Waals surface area contributed by atoms with Gasteiger partial charge in [-0.2, -0.15) is 0 Å². The molecule has 2 aromatic heterocycles. The number of nitrogens with one attached hydrogen (secondary N) is 1. The van der Waals surface area contributed by atoms with Gasteiger partial charge in [-0.15, -0.1) is 16.4 Å². The van der Waals surface area contributed by atoms with Crippen molar-refractivity contribution in [2.24, 2.45) is 0 Å². The fourth-order valence-electron chi connectivity index (χ4n) is 0.929. The molecule has 2 heterocycles. The number of thiophene rings is 1. The summed E-state index contributed by atoms with van der Waals surface area (Å²) in [5, 5.41) is 11.7. The van der Waals surface area contributed by atoms with Crippen LogP contribution in [0.5, 0.6) is 0 Å². The molecule has 0 aliphatic heterocycles. The summed E-state index contributed by atoms with van der Waals surface area (Å²) < 4.78 is 5.04. The Bertz CT molecular complexity index is 435. The number of carbonyl (C=O) groups excluding carboxylic acids is 1. The predicted molar refractivity (Wildman–Crippen MR) is 51.6 cm³/mol. The minimum atomic E-state index is -0.242. The Balaban J connectivity index is 2.28. The molecule has 0 bridgehead atoms. The summed E-state index contributed by atoms with van der Waals surface area (Å²) in [5.41, 5.74) is 0. The van der Waals surface area contributed by atoms with Gasteiger partial charge in [0.2, 0.25) is 0 Å². The number of nitrogens with zero attached hydrogens (tertiary/aromatic N) is 2. The molecule has 0 atom stereocenters. The van der Waals surface area contributed by atoms with Crippen LogP contribution in [0.3, 0.4) is 0 Å². The van der Waals surface area contributed by atoms with Gasteiger partial charge in [-0.1, -0.05) is 11.2 Å².